The van der Waals surface area contributed by atoms with Crippen LogP contribution >= 0.6 is 0 Å². The van der Waals surface area contributed by atoms with E-state index in [1.54, 1.807) is 0 Å². The van der Waals surface area contributed by atoms with Gasteiger partial charge in [-0.2, -0.15) is 0 Å². The molecule has 0 spiro atoms. The first-order chi connectivity index (χ1) is 30.7. The Bertz CT molecular complexity index is 2200. The number of hydrogen-bond acceptors (Lipinski definition) is 6. The maximum atomic E-state index is 12.1. The standard InChI is InChI=1S/C56H57NO5/c58-51(43-62-56(48-30-16-5-17-31-48,49-32-18-6-19-33-49)50-34-20-7-21-35-50)36-37-52(59-40-45-24-10-2-11-25-45)54-55(61-42-47-28-14-4-15-29-47)53(60-41-46-26-12-3-13-27-46)39-57(54)38-44-22-8-1-9-23-44/h1-35,51-55,58H,36-43H2/t51?,52-,53+,54+,55-/m1/s1. The summed E-state index contributed by atoms with van der Waals surface area (Å²) in [5.74, 6) is 0. The van der Waals surface area contributed by atoms with Crippen molar-refractivity contribution >= 4 is 0 Å². The van der Waals surface area contributed by atoms with E-state index in [1.165, 1.54) is 5.56 Å². The molecule has 1 aliphatic heterocycles. The normalized spacial score (nSPS) is 17.7. The van der Waals surface area contributed by atoms with Crippen LogP contribution in [0.1, 0.15) is 51.8 Å². The van der Waals surface area contributed by atoms with Crippen molar-refractivity contribution in [1.82, 2.24) is 4.90 Å². The average molecular weight is 824 g/mol. The Balaban J connectivity index is 1.10. The number of hydrogen-bond donors (Lipinski definition) is 1. The average Bonchev–Trinajstić information content (AvgIpc) is 3.68. The second-order valence-corrected chi connectivity index (χ2v) is 16.2. The van der Waals surface area contributed by atoms with Crippen LogP contribution in [0, 0.1) is 0 Å². The molecule has 8 rings (SSSR count). The predicted octanol–water partition coefficient (Wildman–Crippen LogP) is 10.8. The van der Waals surface area contributed by atoms with Gasteiger partial charge in [-0.25, -0.2) is 0 Å². The highest BCUT2D eigenvalue weighted by atomic mass is 16.5. The second kappa shape index (κ2) is 21.9. The first-order valence-electron chi connectivity index (χ1n) is 21.9. The Labute approximate surface area is 367 Å². The highest BCUT2D eigenvalue weighted by Crippen LogP contribution is 2.41. The van der Waals surface area contributed by atoms with E-state index in [4.69, 9.17) is 18.9 Å². The first kappa shape index (κ1) is 43.0. The summed E-state index contributed by atoms with van der Waals surface area (Å²) in [5, 5.41) is 12.1. The van der Waals surface area contributed by atoms with E-state index in [9.17, 15) is 5.11 Å². The van der Waals surface area contributed by atoms with Gasteiger partial charge in [-0.05, 0) is 51.8 Å². The van der Waals surface area contributed by atoms with Crippen LogP contribution in [0.4, 0.5) is 0 Å². The summed E-state index contributed by atoms with van der Waals surface area (Å²) in [4.78, 5) is 2.48. The lowest BCUT2D eigenvalue weighted by molar-refractivity contribution is -0.107. The van der Waals surface area contributed by atoms with Crippen LogP contribution in [-0.2, 0) is 50.9 Å². The fourth-order valence-electron chi connectivity index (χ4n) is 8.78. The van der Waals surface area contributed by atoms with E-state index in [0.717, 1.165) is 33.4 Å². The Kier molecular flexibility index (Phi) is 15.2. The zero-order chi connectivity index (χ0) is 42.2. The fourth-order valence-corrected chi connectivity index (χ4v) is 8.78. The van der Waals surface area contributed by atoms with Crippen LogP contribution in [0.15, 0.2) is 212 Å². The molecule has 0 saturated carbocycles. The minimum absolute atomic E-state index is 0.110. The molecule has 1 heterocycles. The zero-order valence-corrected chi connectivity index (χ0v) is 35.3. The van der Waals surface area contributed by atoms with Crippen molar-refractivity contribution in [2.75, 3.05) is 13.2 Å². The predicted molar refractivity (Wildman–Crippen MR) is 246 cm³/mol. The molecule has 0 amide bonds. The molecule has 316 valence electrons. The van der Waals surface area contributed by atoms with Crippen LogP contribution in [0.25, 0.3) is 0 Å². The third kappa shape index (κ3) is 11.0. The Morgan fingerprint density at radius 1 is 0.484 bits per heavy atom. The molecule has 1 saturated heterocycles. The van der Waals surface area contributed by atoms with Gasteiger partial charge in [0.1, 0.15) is 11.7 Å². The minimum atomic E-state index is -0.939. The van der Waals surface area contributed by atoms with Gasteiger partial charge in [0.05, 0.1) is 50.8 Å². The molecule has 0 radical (unpaired) electrons. The van der Waals surface area contributed by atoms with E-state index < -0.39 is 11.7 Å². The molecular weight excluding hydrogens is 767 g/mol. The van der Waals surface area contributed by atoms with Gasteiger partial charge in [-0.15, -0.1) is 0 Å². The minimum Gasteiger partial charge on any atom is -0.391 e. The quantitative estimate of drug-likeness (QED) is 0.0729. The van der Waals surface area contributed by atoms with E-state index in [2.05, 4.69) is 108 Å². The van der Waals surface area contributed by atoms with Gasteiger partial charge >= 0.3 is 0 Å². The maximum Gasteiger partial charge on any atom is 0.143 e. The zero-order valence-electron chi connectivity index (χ0n) is 35.3. The largest absolute Gasteiger partial charge is 0.391 e. The molecule has 0 bridgehead atoms. The molecule has 1 unspecified atom stereocenters. The van der Waals surface area contributed by atoms with Gasteiger partial charge in [0.25, 0.3) is 0 Å². The van der Waals surface area contributed by atoms with Crippen LogP contribution in [0.5, 0.6) is 0 Å². The van der Waals surface area contributed by atoms with Crippen molar-refractivity contribution < 1.29 is 24.1 Å². The highest BCUT2D eigenvalue weighted by Gasteiger charge is 2.48. The molecule has 6 nitrogen and oxygen atoms in total. The summed E-state index contributed by atoms with van der Waals surface area (Å²) >= 11 is 0. The van der Waals surface area contributed by atoms with E-state index in [0.29, 0.717) is 45.8 Å². The number of benzene rings is 7. The summed E-state index contributed by atoms with van der Waals surface area (Å²) in [6, 6.07) is 72.3. The number of aliphatic hydroxyl groups excluding tert-OH is 1. The highest BCUT2D eigenvalue weighted by molar-refractivity contribution is 5.47. The molecule has 7 aromatic carbocycles. The molecule has 1 aliphatic rings. The van der Waals surface area contributed by atoms with Crippen molar-refractivity contribution in [2.24, 2.45) is 0 Å². The van der Waals surface area contributed by atoms with Crippen LogP contribution in [0.3, 0.4) is 0 Å². The van der Waals surface area contributed by atoms with Gasteiger partial charge in [-0.1, -0.05) is 212 Å². The van der Waals surface area contributed by atoms with Gasteiger partial charge < -0.3 is 24.1 Å². The molecule has 5 atom stereocenters. The third-order valence-electron chi connectivity index (χ3n) is 11.9. The molecule has 6 heteroatoms. The van der Waals surface area contributed by atoms with Gasteiger partial charge in [0, 0.05) is 13.1 Å². The molecule has 0 aromatic heterocycles. The Morgan fingerprint density at radius 2 is 0.887 bits per heavy atom. The molecule has 1 fully saturated rings. The number of aliphatic hydroxyl groups is 1. The Hall–Kier alpha value is -5.70. The molecule has 1 N–H and O–H groups in total. The summed E-state index contributed by atoms with van der Waals surface area (Å²) in [7, 11) is 0. The number of rotatable bonds is 21. The maximum absolute atomic E-state index is 12.1. The summed E-state index contributed by atoms with van der Waals surface area (Å²) in [6.45, 7) is 2.81. The lowest BCUT2D eigenvalue weighted by Crippen LogP contribution is -2.48. The molecule has 0 aliphatic carbocycles. The topological polar surface area (TPSA) is 60.4 Å². The monoisotopic (exact) mass is 823 g/mol. The molecular formula is C56H57NO5. The van der Waals surface area contributed by atoms with Crippen molar-refractivity contribution in [3.8, 4) is 0 Å². The van der Waals surface area contributed by atoms with E-state index in [1.807, 2.05) is 109 Å². The van der Waals surface area contributed by atoms with Crippen molar-refractivity contribution in [3.05, 3.63) is 251 Å². The van der Waals surface area contributed by atoms with E-state index in [-0.39, 0.29) is 31.0 Å². The smallest absolute Gasteiger partial charge is 0.143 e. The van der Waals surface area contributed by atoms with Crippen LogP contribution in [0.2, 0.25) is 0 Å². The van der Waals surface area contributed by atoms with Crippen molar-refractivity contribution in [3.63, 3.8) is 0 Å². The van der Waals surface area contributed by atoms with Gasteiger partial charge in [-0.3, -0.25) is 4.90 Å². The fraction of sp³-hybridized carbons (Fsp3) is 0.250. The first-order valence-corrected chi connectivity index (χ1v) is 21.9. The Morgan fingerprint density at radius 3 is 1.35 bits per heavy atom. The third-order valence-corrected chi connectivity index (χ3v) is 11.9. The lowest BCUT2D eigenvalue weighted by Gasteiger charge is -2.37. The molecule has 62 heavy (non-hydrogen) atoms. The lowest BCUT2D eigenvalue weighted by atomic mass is 9.80. The molecule has 7 aromatic rings. The van der Waals surface area contributed by atoms with Crippen molar-refractivity contribution in [1.29, 1.82) is 0 Å². The summed E-state index contributed by atoms with van der Waals surface area (Å²) < 4.78 is 28.0. The number of nitrogens with zero attached hydrogens (tertiary/aromatic N) is 1. The second-order valence-electron chi connectivity index (χ2n) is 16.2. The van der Waals surface area contributed by atoms with Gasteiger partial charge in [0.15, 0.2) is 0 Å². The van der Waals surface area contributed by atoms with Crippen LogP contribution in [-0.4, -0.2) is 53.6 Å². The van der Waals surface area contributed by atoms with E-state index >= 15 is 0 Å². The summed E-state index contributed by atoms with van der Waals surface area (Å²) in [6.07, 6.45) is -0.637. The summed E-state index contributed by atoms with van der Waals surface area (Å²) in [5.41, 5.74) is 6.56. The van der Waals surface area contributed by atoms with Crippen LogP contribution < -0.4 is 0 Å². The number of likely N-dealkylation sites (tertiary alicyclic amines) is 1. The van der Waals surface area contributed by atoms with Gasteiger partial charge in [0.2, 0.25) is 0 Å². The number of ether oxygens (including phenoxy) is 4. The SMILES string of the molecule is OC(CC[C@@H](OCc1ccccc1)[C@H]1[C@H](OCc2ccccc2)[C@@H](OCc2ccccc2)CN1Cc1ccccc1)COC(c1ccccc1)(c1ccccc1)c1ccccc1. The van der Waals surface area contributed by atoms with Crippen molar-refractivity contribution in [2.45, 2.75) is 75.3 Å².